The molecule has 3 aliphatic rings. The van der Waals surface area contributed by atoms with Gasteiger partial charge in [0.05, 0.1) is 18.1 Å². The lowest BCUT2D eigenvalue weighted by molar-refractivity contribution is -0.163. The van der Waals surface area contributed by atoms with Crippen molar-refractivity contribution in [3.63, 3.8) is 0 Å². The van der Waals surface area contributed by atoms with Crippen LogP contribution in [0.1, 0.15) is 27.2 Å². The number of thioether (sulfide) groups is 1. The molecule has 7 nitrogen and oxygen atoms in total. The topological polar surface area (TPSA) is 107 Å². The van der Waals surface area contributed by atoms with Crippen molar-refractivity contribution in [3.05, 3.63) is 10.6 Å². The first-order chi connectivity index (χ1) is 10.7. The molecule has 0 saturated carbocycles. The Labute approximate surface area is 138 Å². The summed E-state index contributed by atoms with van der Waals surface area (Å²) in [5.41, 5.74) is 0.0148. The van der Waals surface area contributed by atoms with Gasteiger partial charge in [-0.2, -0.15) is 0 Å². The standard InChI is InChI=1S/C15H20N2O5S/c1-5-11-10(7(3)18)14(20)17(11)12(15(21)22)13(5)23-8-4-9(19)16-6(8)2/h5-8,10-11,18H,4H2,1-3H3,(H,16,19)(H,21,22)/t5-,6-,7-,8+,10+,11-/m1/s1. The molecule has 3 aliphatic heterocycles. The molecule has 2 fully saturated rings. The van der Waals surface area contributed by atoms with Crippen molar-refractivity contribution in [1.29, 1.82) is 0 Å². The third-order valence-corrected chi connectivity index (χ3v) is 6.62. The molecule has 6 atom stereocenters. The Morgan fingerprint density at radius 2 is 2.04 bits per heavy atom. The van der Waals surface area contributed by atoms with Crippen LogP contribution >= 0.6 is 11.8 Å². The van der Waals surface area contributed by atoms with Gasteiger partial charge in [0.2, 0.25) is 11.8 Å². The Balaban J connectivity index is 1.90. The molecule has 2 saturated heterocycles. The quantitative estimate of drug-likeness (QED) is 0.629. The third kappa shape index (κ3) is 2.35. The van der Waals surface area contributed by atoms with Crippen LogP contribution in [0.4, 0.5) is 0 Å². The summed E-state index contributed by atoms with van der Waals surface area (Å²) < 4.78 is 0. The van der Waals surface area contributed by atoms with E-state index in [-0.39, 0.29) is 40.8 Å². The monoisotopic (exact) mass is 340 g/mol. The smallest absolute Gasteiger partial charge is 0.353 e. The van der Waals surface area contributed by atoms with Gasteiger partial charge in [-0.3, -0.25) is 9.59 Å². The highest BCUT2D eigenvalue weighted by molar-refractivity contribution is 8.03. The van der Waals surface area contributed by atoms with E-state index in [1.54, 1.807) is 6.92 Å². The summed E-state index contributed by atoms with van der Waals surface area (Å²) in [6, 6.07) is -0.352. The maximum absolute atomic E-state index is 12.2. The number of carboxylic acids is 1. The highest BCUT2D eigenvalue weighted by Gasteiger charge is 2.60. The molecule has 0 aromatic carbocycles. The number of aliphatic hydroxyl groups excluding tert-OH is 1. The maximum atomic E-state index is 12.2. The average molecular weight is 340 g/mol. The van der Waals surface area contributed by atoms with Gasteiger partial charge < -0.3 is 20.4 Å². The average Bonchev–Trinajstić information content (AvgIpc) is 2.87. The number of aliphatic hydroxyl groups is 1. The van der Waals surface area contributed by atoms with Crippen LogP contribution in [0.25, 0.3) is 0 Å². The van der Waals surface area contributed by atoms with Crippen LogP contribution in [0.5, 0.6) is 0 Å². The Kier molecular flexibility index (Phi) is 3.92. The molecular weight excluding hydrogens is 320 g/mol. The fourth-order valence-electron chi connectivity index (χ4n) is 3.75. The number of carbonyl (C=O) groups is 3. The number of rotatable bonds is 4. The number of fused-ring (bicyclic) bond motifs is 1. The molecule has 126 valence electrons. The summed E-state index contributed by atoms with van der Waals surface area (Å²) in [5, 5.41) is 22.1. The summed E-state index contributed by atoms with van der Waals surface area (Å²) in [7, 11) is 0. The molecule has 3 heterocycles. The van der Waals surface area contributed by atoms with Crippen molar-refractivity contribution < 1.29 is 24.6 Å². The summed E-state index contributed by atoms with van der Waals surface area (Å²) in [4.78, 5) is 37.4. The number of hydrogen-bond donors (Lipinski definition) is 3. The van der Waals surface area contributed by atoms with E-state index >= 15 is 0 Å². The van der Waals surface area contributed by atoms with E-state index in [9.17, 15) is 24.6 Å². The minimum atomic E-state index is -1.14. The van der Waals surface area contributed by atoms with Crippen molar-refractivity contribution >= 4 is 29.5 Å². The third-order valence-electron chi connectivity index (χ3n) is 4.92. The summed E-state index contributed by atoms with van der Waals surface area (Å²) >= 11 is 1.37. The zero-order valence-electron chi connectivity index (χ0n) is 13.1. The van der Waals surface area contributed by atoms with Gasteiger partial charge in [0, 0.05) is 28.5 Å². The van der Waals surface area contributed by atoms with E-state index in [0.29, 0.717) is 11.3 Å². The fourth-order valence-corrected chi connectivity index (χ4v) is 5.24. The Hall–Kier alpha value is -1.54. The number of nitrogens with zero attached hydrogens (tertiary/aromatic N) is 1. The van der Waals surface area contributed by atoms with Crippen LogP contribution < -0.4 is 5.32 Å². The van der Waals surface area contributed by atoms with Gasteiger partial charge in [-0.25, -0.2) is 4.79 Å². The Morgan fingerprint density at radius 1 is 1.39 bits per heavy atom. The first kappa shape index (κ1) is 16.3. The first-order valence-electron chi connectivity index (χ1n) is 7.68. The van der Waals surface area contributed by atoms with Crippen molar-refractivity contribution in [2.24, 2.45) is 11.8 Å². The van der Waals surface area contributed by atoms with Crippen LogP contribution in [0.15, 0.2) is 10.6 Å². The van der Waals surface area contributed by atoms with Crippen molar-refractivity contribution in [2.45, 2.75) is 50.6 Å². The van der Waals surface area contributed by atoms with E-state index in [1.165, 1.54) is 16.7 Å². The SMILES string of the molecule is C[C@@H](O)[C@@H]1C(=O)N2C(C(=O)O)=C(S[C@H]3CC(=O)N[C@@H]3C)[C@H](C)[C@H]12. The first-order valence-corrected chi connectivity index (χ1v) is 8.56. The molecule has 0 aromatic heterocycles. The number of carbonyl (C=O) groups excluding carboxylic acids is 2. The number of aliphatic carboxylic acids is 1. The van der Waals surface area contributed by atoms with E-state index in [1.807, 2.05) is 13.8 Å². The van der Waals surface area contributed by atoms with E-state index in [2.05, 4.69) is 5.32 Å². The molecule has 0 bridgehead atoms. The fraction of sp³-hybridized carbons (Fsp3) is 0.667. The predicted octanol–water partition coefficient (Wildman–Crippen LogP) is 0.150. The Morgan fingerprint density at radius 3 is 2.52 bits per heavy atom. The van der Waals surface area contributed by atoms with Gasteiger partial charge >= 0.3 is 5.97 Å². The predicted molar refractivity (Wildman–Crippen MR) is 83.2 cm³/mol. The number of β-lactam (4-membered cyclic amide) rings is 1. The van der Waals surface area contributed by atoms with Crippen LogP contribution in [-0.2, 0) is 14.4 Å². The molecule has 23 heavy (non-hydrogen) atoms. The summed E-state index contributed by atoms with van der Waals surface area (Å²) in [6.07, 6.45) is -0.466. The lowest BCUT2D eigenvalue weighted by Crippen LogP contribution is -2.63. The van der Waals surface area contributed by atoms with Gasteiger partial charge in [-0.05, 0) is 13.8 Å². The zero-order valence-corrected chi connectivity index (χ0v) is 14.0. The van der Waals surface area contributed by atoms with Crippen LogP contribution in [0.3, 0.4) is 0 Å². The lowest BCUT2D eigenvalue weighted by atomic mass is 9.79. The number of amides is 2. The molecule has 3 rings (SSSR count). The van der Waals surface area contributed by atoms with Crippen LogP contribution in [0.2, 0.25) is 0 Å². The second-order valence-electron chi connectivity index (χ2n) is 6.49. The molecule has 0 unspecified atom stereocenters. The molecular formula is C15H20N2O5S. The van der Waals surface area contributed by atoms with Crippen molar-refractivity contribution in [3.8, 4) is 0 Å². The van der Waals surface area contributed by atoms with E-state index < -0.39 is 18.0 Å². The molecule has 2 amide bonds. The Bertz CT molecular complexity index is 617. The largest absolute Gasteiger partial charge is 0.477 e. The van der Waals surface area contributed by atoms with Gasteiger partial charge in [-0.1, -0.05) is 6.92 Å². The zero-order chi connectivity index (χ0) is 17.0. The number of nitrogens with one attached hydrogen (secondary N) is 1. The molecule has 8 heteroatoms. The number of carboxylic acid groups (broad SMARTS) is 1. The normalized spacial score (nSPS) is 37.6. The molecule has 0 aliphatic carbocycles. The van der Waals surface area contributed by atoms with Gasteiger partial charge in [0.15, 0.2) is 0 Å². The summed E-state index contributed by atoms with van der Waals surface area (Å²) in [5.74, 6) is -2.23. The highest BCUT2D eigenvalue weighted by Crippen LogP contribution is 2.52. The lowest BCUT2D eigenvalue weighted by Gasteiger charge is -2.46. The molecule has 0 spiro atoms. The second-order valence-corrected chi connectivity index (χ2v) is 7.77. The maximum Gasteiger partial charge on any atom is 0.353 e. The van der Waals surface area contributed by atoms with Crippen LogP contribution in [-0.4, -0.2) is 56.3 Å². The minimum Gasteiger partial charge on any atom is -0.477 e. The summed E-state index contributed by atoms with van der Waals surface area (Å²) in [6.45, 7) is 5.33. The van der Waals surface area contributed by atoms with Gasteiger partial charge in [-0.15, -0.1) is 11.8 Å². The van der Waals surface area contributed by atoms with Gasteiger partial charge in [0.1, 0.15) is 5.70 Å². The molecule has 0 aromatic rings. The van der Waals surface area contributed by atoms with Crippen molar-refractivity contribution in [2.75, 3.05) is 0 Å². The van der Waals surface area contributed by atoms with E-state index in [0.717, 1.165) is 0 Å². The minimum absolute atomic E-state index is 0.0148. The van der Waals surface area contributed by atoms with Crippen LogP contribution in [0, 0.1) is 11.8 Å². The van der Waals surface area contributed by atoms with Crippen molar-refractivity contribution in [1.82, 2.24) is 10.2 Å². The molecule has 0 radical (unpaired) electrons. The highest BCUT2D eigenvalue weighted by atomic mass is 32.2. The van der Waals surface area contributed by atoms with Gasteiger partial charge in [0.25, 0.3) is 0 Å². The second kappa shape index (κ2) is 5.52. The molecule has 3 N–H and O–H groups in total. The number of hydrogen-bond acceptors (Lipinski definition) is 5. The van der Waals surface area contributed by atoms with E-state index in [4.69, 9.17) is 0 Å².